The zero-order valence-electron chi connectivity index (χ0n) is 11.0. The molecule has 1 aromatic rings. The highest BCUT2D eigenvalue weighted by Gasteiger charge is 2.37. The molecular weight excluding hydrogens is 301 g/mol. The van der Waals surface area contributed by atoms with E-state index >= 15 is 0 Å². The lowest BCUT2D eigenvalue weighted by Crippen LogP contribution is -2.36. The third-order valence-electron chi connectivity index (χ3n) is 3.13. The first-order chi connectivity index (χ1) is 9.45. The van der Waals surface area contributed by atoms with Gasteiger partial charge in [0.2, 0.25) is 0 Å². The Kier molecular flexibility index (Phi) is 4.50. The second-order valence-corrected chi connectivity index (χ2v) is 5.84. The molecular formula is C14H13ClFNO2S. The molecule has 1 fully saturated rings. The molecule has 1 saturated heterocycles. The van der Waals surface area contributed by atoms with Crippen molar-refractivity contribution in [1.82, 2.24) is 4.90 Å². The zero-order chi connectivity index (χ0) is 14.9. The van der Waals surface area contributed by atoms with Gasteiger partial charge in [0, 0.05) is 11.6 Å². The minimum atomic E-state index is -0.521. The van der Waals surface area contributed by atoms with Crippen LogP contribution in [0.4, 0.5) is 9.18 Å². The molecule has 2 rings (SSSR count). The first-order valence-electron chi connectivity index (χ1n) is 6.16. The summed E-state index contributed by atoms with van der Waals surface area (Å²) in [6.45, 7) is 3.70. The van der Waals surface area contributed by atoms with Crippen LogP contribution >= 0.6 is 23.4 Å². The van der Waals surface area contributed by atoms with E-state index in [2.05, 4.69) is 0 Å². The molecule has 0 aliphatic carbocycles. The predicted octanol–water partition coefficient (Wildman–Crippen LogP) is 4.31. The highest BCUT2D eigenvalue weighted by atomic mass is 35.5. The molecule has 0 saturated carbocycles. The third kappa shape index (κ3) is 2.74. The molecule has 0 spiro atoms. The molecule has 1 aromatic carbocycles. The van der Waals surface area contributed by atoms with Gasteiger partial charge in [-0.2, -0.15) is 0 Å². The summed E-state index contributed by atoms with van der Waals surface area (Å²) in [5, 5.41) is -0.122. The minimum absolute atomic E-state index is 0.129. The number of hydrogen-bond acceptors (Lipinski definition) is 3. The van der Waals surface area contributed by atoms with Crippen LogP contribution in [0, 0.1) is 5.82 Å². The van der Waals surface area contributed by atoms with Crippen molar-refractivity contribution < 1.29 is 14.0 Å². The maximum Gasteiger partial charge on any atom is 0.293 e. The fraction of sp³-hybridized carbons (Fsp3) is 0.286. The molecule has 0 N–H and O–H groups in total. The molecule has 6 heteroatoms. The van der Waals surface area contributed by atoms with Gasteiger partial charge in [0.1, 0.15) is 5.82 Å². The third-order valence-corrected chi connectivity index (χ3v) is 4.34. The van der Waals surface area contributed by atoms with E-state index in [9.17, 15) is 14.0 Å². The molecule has 3 nitrogen and oxygen atoms in total. The number of amides is 2. The number of carbonyl (C=O) groups is 2. The summed E-state index contributed by atoms with van der Waals surface area (Å²) in [7, 11) is 0. The Morgan fingerprint density at radius 1 is 1.45 bits per heavy atom. The van der Waals surface area contributed by atoms with E-state index in [0.29, 0.717) is 6.42 Å². The number of thioether (sulfide) groups is 1. The van der Waals surface area contributed by atoms with Gasteiger partial charge < -0.3 is 0 Å². The number of benzene rings is 1. The minimum Gasteiger partial charge on any atom is -0.268 e. The molecule has 20 heavy (non-hydrogen) atoms. The van der Waals surface area contributed by atoms with Crippen LogP contribution in [-0.4, -0.2) is 22.1 Å². The van der Waals surface area contributed by atoms with Crippen LogP contribution in [0.25, 0.3) is 6.08 Å². The van der Waals surface area contributed by atoms with E-state index in [1.165, 1.54) is 29.2 Å². The van der Waals surface area contributed by atoms with E-state index in [4.69, 9.17) is 11.6 Å². The van der Waals surface area contributed by atoms with Crippen molar-refractivity contribution in [1.29, 1.82) is 0 Å². The van der Waals surface area contributed by atoms with Gasteiger partial charge in [-0.15, -0.1) is 0 Å². The van der Waals surface area contributed by atoms with Gasteiger partial charge in [-0.1, -0.05) is 24.6 Å². The van der Waals surface area contributed by atoms with E-state index in [1.54, 1.807) is 6.92 Å². The highest BCUT2D eigenvalue weighted by molar-refractivity contribution is 8.18. The number of halogens is 2. The maximum absolute atomic E-state index is 13.7. The van der Waals surface area contributed by atoms with Gasteiger partial charge in [0.25, 0.3) is 11.1 Å². The normalized spacial score (nSPS) is 19.0. The van der Waals surface area contributed by atoms with Crippen LogP contribution in [0.2, 0.25) is 5.02 Å². The summed E-state index contributed by atoms with van der Waals surface area (Å²) in [5.41, 5.74) is 0.129. The Labute approximate surface area is 125 Å². The van der Waals surface area contributed by atoms with Crippen LogP contribution in [0.5, 0.6) is 0 Å². The molecule has 1 atom stereocenters. The predicted molar refractivity (Wildman–Crippen MR) is 79.0 cm³/mol. The molecule has 106 valence electrons. The van der Waals surface area contributed by atoms with Crippen molar-refractivity contribution in [3.63, 3.8) is 0 Å². The average Bonchev–Trinajstić information content (AvgIpc) is 2.68. The average molecular weight is 314 g/mol. The summed E-state index contributed by atoms with van der Waals surface area (Å²) in [6, 6.07) is 4.11. The standard InChI is InChI=1S/C14H13ClFNO2S/c1-3-8(2)17-13(18)12(20-14(17)19)7-9-10(15)5-4-6-11(9)16/h4-8H,3H2,1-2H3/b12-7+/t8-/m0/s1. The van der Waals surface area contributed by atoms with Crippen LogP contribution in [0.1, 0.15) is 25.8 Å². The summed E-state index contributed by atoms with van der Waals surface area (Å²) in [6.07, 6.45) is 2.01. The van der Waals surface area contributed by atoms with Gasteiger partial charge in [0.15, 0.2) is 0 Å². The Morgan fingerprint density at radius 3 is 2.75 bits per heavy atom. The highest BCUT2D eigenvalue weighted by Crippen LogP contribution is 2.35. The molecule has 0 unspecified atom stereocenters. The monoisotopic (exact) mass is 313 g/mol. The Morgan fingerprint density at radius 2 is 2.15 bits per heavy atom. The molecule has 2 amide bonds. The van der Waals surface area contributed by atoms with E-state index in [-0.39, 0.29) is 26.8 Å². The SMILES string of the molecule is CC[C@H](C)N1C(=O)S/C(=C/c2c(F)cccc2Cl)C1=O. The number of imide groups is 1. The summed E-state index contributed by atoms with van der Waals surface area (Å²) in [5.74, 6) is -0.915. The van der Waals surface area contributed by atoms with Gasteiger partial charge in [-0.3, -0.25) is 14.5 Å². The molecule has 1 aliphatic heterocycles. The van der Waals surface area contributed by atoms with Crippen molar-refractivity contribution >= 4 is 40.6 Å². The fourth-order valence-corrected chi connectivity index (χ4v) is 2.95. The molecule has 0 aromatic heterocycles. The van der Waals surface area contributed by atoms with Crippen molar-refractivity contribution in [3.8, 4) is 0 Å². The van der Waals surface area contributed by atoms with Crippen molar-refractivity contribution in [2.24, 2.45) is 0 Å². The summed E-state index contributed by atoms with van der Waals surface area (Å²) in [4.78, 5) is 25.4. The Bertz CT molecular complexity index is 583. The number of rotatable bonds is 3. The molecule has 1 aliphatic rings. The van der Waals surface area contributed by atoms with Gasteiger partial charge in [-0.05, 0) is 43.3 Å². The van der Waals surface area contributed by atoms with E-state index < -0.39 is 11.7 Å². The van der Waals surface area contributed by atoms with Gasteiger partial charge >= 0.3 is 0 Å². The smallest absolute Gasteiger partial charge is 0.268 e. The number of hydrogen-bond donors (Lipinski definition) is 0. The second-order valence-electron chi connectivity index (χ2n) is 4.44. The largest absolute Gasteiger partial charge is 0.293 e. The number of carbonyl (C=O) groups excluding carboxylic acids is 2. The lowest BCUT2D eigenvalue weighted by Gasteiger charge is -2.19. The first kappa shape index (κ1) is 15.1. The summed E-state index contributed by atoms with van der Waals surface area (Å²) >= 11 is 6.73. The van der Waals surface area contributed by atoms with E-state index in [1.807, 2.05) is 6.92 Å². The Hall–Kier alpha value is -1.33. The molecule has 0 bridgehead atoms. The lowest BCUT2D eigenvalue weighted by molar-refractivity contribution is -0.124. The van der Waals surface area contributed by atoms with Crippen LogP contribution in [-0.2, 0) is 4.79 Å². The lowest BCUT2D eigenvalue weighted by atomic mass is 10.2. The molecule has 0 radical (unpaired) electrons. The fourth-order valence-electron chi connectivity index (χ4n) is 1.82. The van der Waals surface area contributed by atoms with Gasteiger partial charge in [-0.25, -0.2) is 4.39 Å². The van der Waals surface area contributed by atoms with Crippen molar-refractivity contribution in [3.05, 3.63) is 39.5 Å². The zero-order valence-corrected chi connectivity index (χ0v) is 12.6. The molecule has 1 heterocycles. The van der Waals surface area contributed by atoms with E-state index in [0.717, 1.165) is 11.8 Å². The number of nitrogens with zero attached hydrogens (tertiary/aromatic N) is 1. The summed E-state index contributed by atoms with van der Waals surface area (Å²) < 4.78 is 13.7. The van der Waals surface area contributed by atoms with Crippen LogP contribution in [0.15, 0.2) is 23.1 Å². The van der Waals surface area contributed by atoms with Crippen molar-refractivity contribution in [2.45, 2.75) is 26.3 Å². The van der Waals surface area contributed by atoms with Crippen molar-refractivity contribution in [2.75, 3.05) is 0 Å². The maximum atomic E-state index is 13.7. The van der Waals surface area contributed by atoms with Crippen LogP contribution in [0.3, 0.4) is 0 Å². The van der Waals surface area contributed by atoms with Crippen LogP contribution < -0.4 is 0 Å². The quantitative estimate of drug-likeness (QED) is 0.780. The first-order valence-corrected chi connectivity index (χ1v) is 7.36. The second kappa shape index (κ2) is 5.97. The Balaban J connectivity index is 2.38. The van der Waals surface area contributed by atoms with Gasteiger partial charge in [0.05, 0.1) is 9.93 Å². The topological polar surface area (TPSA) is 37.4 Å².